The van der Waals surface area contributed by atoms with E-state index in [0.717, 1.165) is 17.1 Å². The zero-order valence-electron chi connectivity index (χ0n) is 10.8. The lowest BCUT2D eigenvalue weighted by Crippen LogP contribution is -2.30. The molecule has 18 heavy (non-hydrogen) atoms. The SMILES string of the molecule is CCC(CS(=O)c1ccc2c(c1)OCCO2)NC. The van der Waals surface area contributed by atoms with E-state index in [9.17, 15) is 4.21 Å². The number of fused-ring (bicyclic) bond motifs is 1. The standard InChI is InChI=1S/C13H19NO3S/c1-3-10(14-2)9-18(15)11-4-5-12-13(8-11)17-7-6-16-12/h4-5,8,10,14H,3,6-7,9H2,1-2H3. The molecule has 1 aromatic carbocycles. The fraction of sp³-hybridized carbons (Fsp3) is 0.538. The highest BCUT2D eigenvalue weighted by Gasteiger charge is 2.16. The van der Waals surface area contributed by atoms with E-state index in [4.69, 9.17) is 9.47 Å². The molecule has 1 aliphatic heterocycles. The number of hydrogen-bond acceptors (Lipinski definition) is 4. The Bertz CT molecular complexity index is 432. The van der Waals surface area contributed by atoms with Crippen molar-refractivity contribution in [2.45, 2.75) is 24.3 Å². The predicted molar refractivity (Wildman–Crippen MR) is 71.8 cm³/mol. The molecule has 0 saturated heterocycles. The molecular weight excluding hydrogens is 250 g/mol. The average molecular weight is 269 g/mol. The Morgan fingerprint density at radius 1 is 1.33 bits per heavy atom. The van der Waals surface area contributed by atoms with Gasteiger partial charge in [-0.3, -0.25) is 4.21 Å². The first-order valence-corrected chi connectivity index (χ1v) is 7.51. The van der Waals surface area contributed by atoms with Crippen LogP contribution in [0.2, 0.25) is 0 Å². The lowest BCUT2D eigenvalue weighted by atomic mass is 10.3. The Morgan fingerprint density at radius 2 is 2.06 bits per heavy atom. The van der Waals surface area contributed by atoms with Gasteiger partial charge in [-0.05, 0) is 25.6 Å². The molecule has 0 saturated carbocycles. The van der Waals surface area contributed by atoms with Crippen molar-refractivity contribution in [2.75, 3.05) is 26.0 Å². The summed E-state index contributed by atoms with van der Waals surface area (Å²) >= 11 is 0. The molecule has 0 spiro atoms. The van der Waals surface area contributed by atoms with Crippen LogP contribution >= 0.6 is 0 Å². The van der Waals surface area contributed by atoms with Crippen LogP contribution in [-0.2, 0) is 10.8 Å². The summed E-state index contributed by atoms with van der Waals surface area (Å²) in [4.78, 5) is 0.799. The molecule has 0 fully saturated rings. The van der Waals surface area contributed by atoms with Crippen LogP contribution in [0.15, 0.2) is 23.1 Å². The van der Waals surface area contributed by atoms with Crippen molar-refractivity contribution in [3.05, 3.63) is 18.2 Å². The minimum Gasteiger partial charge on any atom is -0.486 e. The Morgan fingerprint density at radius 3 is 2.72 bits per heavy atom. The quantitative estimate of drug-likeness (QED) is 0.881. The van der Waals surface area contributed by atoms with Crippen LogP contribution in [0.1, 0.15) is 13.3 Å². The van der Waals surface area contributed by atoms with Gasteiger partial charge in [0, 0.05) is 22.8 Å². The molecule has 1 heterocycles. The van der Waals surface area contributed by atoms with Gasteiger partial charge >= 0.3 is 0 Å². The normalized spacial score (nSPS) is 17.2. The lowest BCUT2D eigenvalue weighted by molar-refractivity contribution is 0.171. The zero-order chi connectivity index (χ0) is 13.0. The number of nitrogens with one attached hydrogen (secondary N) is 1. The van der Waals surface area contributed by atoms with Crippen LogP contribution in [0.3, 0.4) is 0 Å². The maximum Gasteiger partial charge on any atom is 0.162 e. The Hall–Kier alpha value is -1.07. The van der Waals surface area contributed by atoms with Crippen molar-refractivity contribution in [3.63, 3.8) is 0 Å². The molecule has 5 heteroatoms. The topological polar surface area (TPSA) is 47.6 Å². The van der Waals surface area contributed by atoms with Gasteiger partial charge in [0.05, 0.1) is 10.8 Å². The summed E-state index contributed by atoms with van der Waals surface area (Å²) in [7, 11) is 0.889. The number of ether oxygens (including phenoxy) is 2. The van der Waals surface area contributed by atoms with Gasteiger partial charge in [-0.25, -0.2) is 0 Å². The van der Waals surface area contributed by atoms with Gasteiger partial charge in [-0.1, -0.05) is 6.92 Å². The first-order chi connectivity index (χ1) is 8.74. The molecule has 0 aromatic heterocycles. The van der Waals surface area contributed by atoms with Crippen molar-refractivity contribution < 1.29 is 13.7 Å². The van der Waals surface area contributed by atoms with Gasteiger partial charge in [-0.15, -0.1) is 0 Å². The van der Waals surface area contributed by atoms with Gasteiger partial charge in [-0.2, -0.15) is 0 Å². The fourth-order valence-corrected chi connectivity index (χ4v) is 3.27. The summed E-state index contributed by atoms with van der Waals surface area (Å²) in [6, 6.07) is 5.79. The maximum absolute atomic E-state index is 12.2. The van der Waals surface area contributed by atoms with Gasteiger partial charge < -0.3 is 14.8 Å². The minimum atomic E-state index is -1.01. The maximum atomic E-state index is 12.2. The van der Waals surface area contributed by atoms with E-state index >= 15 is 0 Å². The second-order valence-corrected chi connectivity index (χ2v) is 5.71. The molecule has 2 rings (SSSR count). The largest absolute Gasteiger partial charge is 0.486 e. The Labute approximate surface area is 110 Å². The van der Waals surface area contributed by atoms with Gasteiger partial charge in [0.2, 0.25) is 0 Å². The second kappa shape index (κ2) is 6.20. The third-order valence-corrected chi connectivity index (χ3v) is 4.51. The molecule has 4 nitrogen and oxygen atoms in total. The van der Waals surface area contributed by atoms with Gasteiger partial charge in [0.1, 0.15) is 13.2 Å². The Balaban J connectivity index is 2.11. The molecule has 2 atom stereocenters. The van der Waals surface area contributed by atoms with Crippen LogP contribution in [0.4, 0.5) is 0 Å². The fourth-order valence-electron chi connectivity index (χ4n) is 1.85. The van der Waals surface area contributed by atoms with Crippen molar-refractivity contribution in [1.29, 1.82) is 0 Å². The minimum absolute atomic E-state index is 0.277. The van der Waals surface area contributed by atoms with Crippen molar-refractivity contribution >= 4 is 10.8 Å². The van der Waals surface area contributed by atoms with Gasteiger partial charge in [0.15, 0.2) is 11.5 Å². The molecule has 0 radical (unpaired) electrons. The van der Waals surface area contributed by atoms with E-state index in [1.165, 1.54) is 0 Å². The van der Waals surface area contributed by atoms with E-state index in [1.807, 2.05) is 25.2 Å². The highest BCUT2D eigenvalue weighted by Crippen LogP contribution is 2.31. The molecule has 0 bridgehead atoms. The van der Waals surface area contributed by atoms with E-state index in [0.29, 0.717) is 24.7 Å². The molecule has 2 unspecified atom stereocenters. The molecule has 1 N–H and O–H groups in total. The summed E-state index contributed by atoms with van der Waals surface area (Å²) in [6.45, 7) is 3.21. The molecule has 1 aliphatic rings. The summed E-state index contributed by atoms with van der Waals surface area (Å²) < 4.78 is 23.2. The van der Waals surface area contributed by atoms with Crippen LogP contribution in [-0.4, -0.2) is 36.3 Å². The summed E-state index contributed by atoms with van der Waals surface area (Å²) in [6.07, 6.45) is 0.965. The van der Waals surface area contributed by atoms with Crippen molar-refractivity contribution in [2.24, 2.45) is 0 Å². The smallest absolute Gasteiger partial charge is 0.162 e. The van der Waals surface area contributed by atoms with E-state index in [-0.39, 0.29) is 6.04 Å². The summed E-state index contributed by atoms with van der Waals surface area (Å²) in [5, 5.41) is 3.17. The van der Waals surface area contributed by atoms with E-state index < -0.39 is 10.8 Å². The number of hydrogen-bond donors (Lipinski definition) is 1. The zero-order valence-corrected chi connectivity index (χ0v) is 11.6. The third-order valence-electron chi connectivity index (χ3n) is 3.03. The highest BCUT2D eigenvalue weighted by atomic mass is 32.2. The highest BCUT2D eigenvalue weighted by molar-refractivity contribution is 7.85. The van der Waals surface area contributed by atoms with Crippen molar-refractivity contribution in [3.8, 4) is 11.5 Å². The monoisotopic (exact) mass is 269 g/mol. The second-order valence-electron chi connectivity index (χ2n) is 4.21. The number of benzene rings is 1. The predicted octanol–water partition coefficient (Wildman–Crippen LogP) is 1.56. The molecule has 1 aromatic rings. The number of rotatable bonds is 5. The van der Waals surface area contributed by atoms with Gasteiger partial charge in [0.25, 0.3) is 0 Å². The molecule has 100 valence electrons. The van der Waals surface area contributed by atoms with E-state index in [2.05, 4.69) is 12.2 Å². The Kier molecular flexibility index (Phi) is 4.60. The lowest BCUT2D eigenvalue weighted by Gasteiger charge is -2.19. The van der Waals surface area contributed by atoms with Crippen LogP contribution in [0.25, 0.3) is 0 Å². The van der Waals surface area contributed by atoms with E-state index in [1.54, 1.807) is 0 Å². The molecule has 0 aliphatic carbocycles. The molecular formula is C13H19NO3S. The van der Waals surface area contributed by atoms with Crippen LogP contribution in [0.5, 0.6) is 11.5 Å². The van der Waals surface area contributed by atoms with Crippen molar-refractivity contribution in [1.82, 2.24) is 5.32 Å². The summed E-state index contributed by atoms with van der Waals surface area (Å²) in [5.74, 6) is 2.05. The average Bonchev–Trinajstić information content (AvgIpc) is 2.44. The van der Waals surface area contributed by atoms with Crippen LogP contribution < -0.4 is 14.8 Å². The first kappa shape index (κ1) is 13.4. The molecule has 0 amide bonds. The first-order valence-electron chi connectivity index (χ1n) is 6.20. The third kappa shape index (κ3) is 3.03. The summed E-state index contributed by atoms with van der Waals surface area (Å²) in [5.41, 5.74) is 0. The van der Waals surface area contributed by atoms with Crippen LogP contribution in [0, 0.1) is 0 Å².